The van der Waals surface area contributed by atoms with Crippen LogP contribution in [0.25, 0.3) is 0 Å². The van der Waals surface area contributed by atoms with E-state index in [2.05, 4.69) is 0 Å². The fraction of sp³-hybridized carbons (Fsp3) is 1.00. The molecule has 0 amide bonds. The summed E-state index contributed by atoms with van der Waals surface area (Å²) in [4.78, 5) is 0. The van der Waals surface area contributed by atoms with E-state index in [0.29, 0.717) is 0 Å². The van der Waals surface area contributed by atoms with Gasteiger partial charge in [0, 0.05) is 25.8 Å². The van der Waals surface area contributed by atoms with E-state index in [9.17, 15) is 0 Å². The molecule has 0 aromatic carbocycles. The van der Waals surface area contributed by atoms with Crippen molar-refractivity contribution in [3.8, 4) is 0 Å². The van der Waals surface area contributed by atoms with Crippen LogP contribution in [0.4, 0.5) is 0 Å². The molecule has 0 aliphatic rings. The van der Waals surface area contributed by atoms with Gasteiger partial charge in [-0.15, -0.1) is 37.2 Å². The second kappa shape index (κ2) is 73.3. The zero-order valence-corrected chi connectivity index (χ0v) is 9.77. The molecule has 0 rings (SSSR count). The van der Waals surface area contributed by atoms with Crippen molar-refractivity contribution in [2.45, 2.75) is 13.8 Å². The molecule has 0 heterocycles. The molecule has 0 atom stereocenters. The van der Waals surface area contributed by atoms with Crippen molar-refractivity contribution in [1.29, 1.82) is 0 Å². The van der Waals surface area contributed by atoms with Gasteiger partial charge in [-0.1, -0.05) is 13.8 Å². The predicted octanol–water partition coefficient (Wildman–Crippen LogP) is 2.29. The van der Waals surface area contributed by atoms with Gasteiger partial charge >= 0.3 is 0 Å². The van der Waals surface area contributed by atoms with Crippen LogP contribution in [0.5, 0.6) is 0 Å². The Morgan fingerprint density at radius 1 is 0.667 bits per heavy atom. The summed E-state index contributed by atoms with van der Waals surface area (Å²) in [5, 5.41) is 0. The molecule has 0 aromatic rings. The molecule has 4 heteroatoms. The van der Waals surface area contributed by atoms with Gasteiger partial charge in [0.15, 0.2) is 0 Å². The molecule has 0 saturated carbocycles. The summed E-state index contributed by atoms with van der Waals surface area (Å²) in [5.74, 6) is 0. The largest absolute Gasteiger partial charge is 0.147 e. The number of hydrogen-bond acceptors (Lipinski definition) is 0. The van der Waals surface area contributed by atoms with Gasteiger partial charge in [-0.25, -0.2) is 0 Å². The number of hydrogen-bond donors (Lipinski definition) is 0. The molecule has 0 aliphatic carbocycles. The van der Waals surface area contributed by atoms with Gasteiger partial charge in [0.1, 0.15) is 0 Å². The molecule has 6 heavy (non-hydrogen) atoms. The minimum atomic E-state index is 0. The summed E-state index contributed by atoms with van der Waals surface area (Å²) in [6, 6.07) is 0. The summed E-state index contributed by atoms with van der Waals surface area (Å²) >= 11 is 0. The van der Waals surface area contributed by atoms with E-state index in [0.717, 1.165) is 0 Å². The molecular weight excluding hydrogens is 309 g/mol. The number of halogens is 3. The van der Waals surface area contributed by atoms with Crippen LogP contribution in [0, 0.1) is 0 Å². The third kappa shape index (κ3) is 42.6. The topological polar surface area (TPSA) is 0 Å². The van der Waals surface area contributed by atoms with Crippen molar-refractivity contribution in [3.05, 3.63) is 0 Å². The summed E-state index contributed by atoms with van der Waals surface area (Å²) in [7, 11) is 0. The first-order chi connectivity index (χ1) is 1.00. The van der Waals surface area contributed by atoms with Crippen LogP contribution in [-0.4, -0.2) is 0 Å². The van der Waals surface area contributed by atoms with Gasteiger partial charge in [-0.05, 0) is 0 Å². The minimum absolute atomic E-state index is 0. The zero-order chi connectivity index (χ0) is 2.00. The third-order valence-electron chi connectivity index (χ3n) is 0. The number of rotatable bonds is 0. The molecule has 0 bridgehead atoms. The van der Waals surface area contributed by atoms with Crippen molar-refractivity contribution in [2.24, 2.45) is 0 Å². The van der Waals surface area contributed by atoms with Gasteiger partial charge in [0.2, 0.25) is 0 Å². The first kappa shape index (κ1) is 46.8. The third-order valence-corrected chi connectivity index (χ3v) is 0. The van der Waals surface area contributed by atoms with E-state index in [1.165, 1.54) is 0 Å². The van der Waals surface area contributed by atoms with Crippen LogP contribution in [0.2, 0.25) is 0 Å². The molecule has 0 N–H and O–H groups in total. The second-order valence-electron chi connectivity index (χ2n) is 0. The van der Waals surface area contributed by atoms with E-state index in [-0.39, 0.29) is 63.1 Å². The molecule has 0 unspecified atom stereocenters. The quantitative estimate of drug-likeness (QED) is 0.601. The molecule has 42 valence electrons. The fourth-order valence-electron chi connectivity index (χ4n) is 0. The Morgan fingerprint density at radius 3 is 0.667 bits per heavy atom. The van der Waals surface area contributed by atoms with Crippen LogP contribution < -0.4 is 0 Å². The SMILES string of the molecule is CC.Cl.Cl.Cl.[Hf]. The molecule has 0 spiro atoms. The van der Waals surface area contributed by atoms with Crippen LogP contribution >= 0.6 is 37.2 Å². The van der Waals surface area contributed by atoms with E-state index in [4.69, 9.17) is 0 Å². The maximum absolute atomic E-state index is 2.00. The Kier molecular flexibility index (Phi) is 572. The summed E-state index contributed by atoms with van der Waals surface area (Å²) in [6.45, 7) is 4.00. The Labute approximate surface area is 76.5 Å². The van der Waals surface area contributed by atoms with Crippen molar-refractivity contribution >= 4 is 37.2 Å². The molecule has 0 fully saturated rings. The van der Waals surface area contributed by atoms with E-state index < -0.39 is 0 Å². The van der Waals surface area contributed by atoms with Crippen LogP contribution in [0.3, 0.4) is 0 Å². The van der Waals surface area contributed by atoms with Gasteiger partial charge in [-0.3, -0.25) is 0 Å². The Balaban J connectivity index is -0.000000000833. The van der Waals surface area contributed by atoms with Crippen molar-refractivity contribution < 1.29 is 25.8 Å². The van der Waals surface area contributed by atoms with Crippen molar-refractivity contribution in [2.75, 3.05) is 0 Å². The molecule has 0 saturated heterocycles. The van der Waals surface area contributed by atoms with E-state index in [1.807, 2.05) is 13.8 Å². The maximum atomic E-state index is 2.00. The fourth-order valence-corrected chi connectivity index (χ4v) is 0. The maximum Gasteiger partial charge on any atom is 0 e. The zero-order valence-electron chi connectivity index (χ0n) is 3.72. The van der Waals surface area contributed by atoms with E-state index in [1.54, 1.807) is 0 Å². The smallest absolute Gasteiger partial charge is 0 e. The van der Waals surface area contributed by atoms with Crippen molar-refractivity contribution in [3.63, 3.8) is 0 Å². The van der Waals surface area contributed by atoms with Gasteiger partial charge in [-0.2, -0.15) is 0 Å². The first-order valence-corrected chi connectivity index (χ1v) is 1.00. The van der Waals surface area contributed by atoms with Gasteiger partial charge in [0.25, 0.3) is 0 Å². The average molecular weight is 318 g/mol. The van der Waals surface area contributed by atoms with Crippen LogP contribution in [-0.2, 0) is 25.8 Å². The summed E-state index contributed by atoms with van der Waals surface area (Å²) in [5.41, 5.74) is 0. The summed E-state index contributed by atoms with van der Waals surface area (Å²) in [6.07, 6.45) is 0. The predicted molar refractivity (Wildman–Crippen MR) is 33.1 cm³/mol. The second-order valence-corrected chi connectivity index (χ2v) is 0. The van der Waals surface area contributed by atoms with E-state index >= 15 is 0 Å². The molecule has 0 nitrogen and oxygen atoms in total. The Bertz CT molecular complexity index is 8.75. The van der Waals surface area contributed by atoms with Crippen molar-refractivity contribution in [1.82, 2.24) is 0 Å². The Hall–Kier alpha value is 1.74. The molecule has 0 aromatic heterocycles. The van der Waals surface area contributed by atoms with Crippen LogP contribution in [0.1, 0.15) is 13.8 Å². The first-order valence-electron chi connectivity index (χ1n) is 1.00. The van der Waals surface area contributed by atoms with Gasteiger partial charge in [0.05, 0.1) is 0 Å². The standard InChI is InChI=1S/C2H6.3ClH.Hf/c1-2;;;;/h1-2H3;3*1H;. The molecule has 0 aliphatic heterocycles. The monoisotopic (exact) mass is 318 g/mol. The average Bonchev–Trinajstić information content (AvgIpc) is 1.00. The normalized spacial score (nSPS) is 1.00. The molecular formula is C2H9Cl3Hf. The Morgan fingerprint density at radius 2 is 0.667 bits per heavy atom. The summed E-state index contributed by atoms with van der Waals surface area (Å²) < 4.78 is 0. The van der Waals surface area contributed by atoms with Gasteiger partial charge < -0.3 is 0 Å². The minimum Gasteiger partial charge on any atom is -0.147 e. The molecule has 0 radical (unpaired) electrons. The van der Waals surface area contributed by atoms with Crippen LogP contribution in [0.15, 0.2) is 0 Å².